The van der Waals surface area contributed by atoms with E-state index >= 15 is 0 Å². The SMILES string of the molecule is O=C(N[C@H](c1nccs1)[C@H]1CCCN(Cc2ccc(Cl)c(Cl)c2)C1)C1CC1. The minimum atomic E-state index is 0.00899. The van der Waals surface area contributed by atoms with Crippen LogP contribution in [0.3, 0.4) is 0 Å². The van der Waals surface area contributed by atoms with E-state index in [1.165, 1.54) is 0 Å². The molecule has 0 spiro atoms. The fourth-order valence-electron chi connectivity index (χ4n) is 3.79. The Hall–Kier alpha value is -1.14. The first-order valence-corrected chi connectivity index (χ1v) is 11.1. The normalized spacial score (nSPS) is 21.8. The van der Waals surface area contributed by atoms with Crippen molar-refractivity contribution in [2.24, 2.45) is 11.8 Å². The average Bonchev–Trinajstić information content (AvgIpc) is 3.38. The van der Waals surface area contributed by atoms with Gasteiger partial charge >= 0.3 is 0 Å². The molecule has 1 aliphatic carbocycles. The summed E-state index contributed by atoms with van der Waals surface area (Å²) in [6, 6.07) is 5.84. The highest BCUT2D eigenvalue weighted by molar-refractivity contribution is 7.09. The second kappa shape index (κ2) is 8.48. The number of nitrogens with one attached hydrogen (secondary N) is 1. The molecule has 1 amide bonds. The van der Waals surface area contributed by atoms with Crippen LogP contribution in [0.5, 0.6) is 0 Å². The Morgan fingerprint density at radius 2 is 2.15 bits per heavy atom. The molecule has 1 aromatic carbocycles. The van der Waals surface area contributed by atoms with Crippen LogP contribution in [0.4, 0.5) is 0 Å². The molecule has 1 saturated carbocycles. The Kier molecular flexibility index (Phi) is 6.02. The third-order valence-electron chi connectivity index (χ3n) is 5.37. The molecule has 1 aliphatic heterocycles. The number of rotatable bonds is 6. The van der Waals surface area contributed by atoms with Gasteiger partial charge in [-0.2, -0.15) is 0 Å². The number of likely N-dealkylation sites (tertiary alicyclic amines) is 1. The van der Waals surface area contributed by atoms with E-state index in [4.69, 9.17) is 23.2 Å². The van der Waals surface area contributed by atoms with Gasteiger partial charge in [-0.1, -0.05) is 29.3 Å². The third kappa shape index (κ3) is 4.83. The third-order valence-corrected chi connectivity index (χ3v) is 6.96. The van der Waals surface area contributed by atoms with Crippen LogP contribution in [0, 0.1) is 11.8 Å². The highest BCUT2D eigenvalue weighted by Gasteiger charge is 2.35. The average molecular weight is 424 g/mol. The number of benzene rings is 1. The van der Waals surface area contributed by atoms with Crippen molar-refractivity contribution < 1.29 is 4.79 Å². The van der Waals surface area contributed by atoms with E-state index in [1.54, 1.807) is 11.3 Å². The van der Waals surface area contributed by atoms with E-state index in [0.717, 1.165) is 55.9 Å². The summed E-state index contributed by atoms with van der Waals surface area (Å²) in [5.41, 5.74) is 1.16. The maximum Gasteiger partial charge on any atom is 0.223 e. The number of halogens is 2. The fourth-order valence-corrected chi connectivity index (χ4v) is 4.89. The summed E-state index contributed by atoms with van der Waals surface area (Å²) in [5, 5.41) is 7.49. The van der Waals surface area contributed by atoms with Gasteiger partial charge in [-0.15, -0.1) is 11.3 Å². The zero-order valence-electron chi connectivity index (χ0n) is 15.0. The lowest BCUT2D eigenvalue weighted by atomic mass is 9.90. The lowest BCUT2D eigenvalue weighted by Gasteiger charge is -2.36. The Morgan fingerprint density at radius 3 is 2.85 bits per heavy atom. The lowest BCUT2D eigenvalue weighted by Crippen LogP contribution is -2.43. The molecule has 2 fully saturated rings. The van der Waals surface area contributed by atoms with Crippen molar-refractivity contribution in [2.45, 2.75) is 38.3 Å². The predicted molar refractivity (Wildman–Crippen MR) is 110 cm³/mol. The van der Waals surface area contributed by atoms with E-state index in [9.17, 15) is 4.79 Å². The number of piperidine rings is 1. The molecular formula is C20H23Cl2N3OS. The number of thiazole rings is 1. The second-order valence-corrected chi connectivity index (χ2v) is 9.26. The minimum Gasteiger partial charge on any atom is -0.346 e. The molecule has 27 heavy (non-hydrogen) atoms. The lowest BCUT2D eigenvalue weighted by molar-refractivity contribution is -0.123. The van der Waals surface area contributed by atoms with Crippen LogP contribution in [0.15, 0.2) is 29.8 Å². The molecule has 4 nitrogen and oxygen atoms in total. The van der Waals surface area contributed by atoms with E-state index in [-0.39, 0.29) is 17.9 Å². The Balaban J connectivity index is 1.45. The number of nitrogens with zero attached hydrogens (tertiary/aromatic N) is 2. The van der Waals surface area contributed by atoms with Gasteiger partial charge in [0.1, 0.15) is 5.01 Å². The Labute approximate surface area is 173 Å². The van der Waals surface area contributed by atoms with E-state index in [1.807, 2.05) is 29.8 Å². The molecule has 2 heterocycles. The predicted octanol–water partition coefficient (Wildman–Crippen LogP) is 4.93. The largest absolute Gasteiger partial charge is 0.346 e. The number of hydrogen-bond donors (Lipinski definition) is 1. The molecular weight excluding hydrogens is 401 g/mol. The van der Waals surface area contributed by atoms with Gasteiger partial charge in [0, 0.05) is 30.6 Å². The number of hydrogen-bond acceptors (Lipinski definition) is 4. The topological polar surface area (TPSA) is 45.2 Å². The minimum absolute atomic E-state index is 0.00899. The molecule has 1 N–H and O–H groups in total. The van der Waals surface area contributed by atoms with Crippen molar-refractivity contribution in [2.75, 3.05) is 13.1 Å². The first-order chi connectivity index (χ1) is 13.1. The number of carbonyl (C=O) groups excluding carboxylic acids is 1. The van der Waals surface area contributed by atoms with Gasteiger partial charge in [0.2, 0.25) is 5.91 Å². The molecule has 0 bridgehead atoms. The second-order valence-electron chi connectivity index (χ2n) is 7.52. The monoisotopic (exact) mass is 423 g/mol. The van der Waals surface area contributed by atoms with Crippen molar-refractivity contribution in [1.82, 2.24) is 15.2 Å². The summed E-state index contributed by atoms with van der Waals surface area (Å²) >= 11 is 13.8. The first kappa shape index (κ1) is 19.2. The molecule has 1 aromatic heterocycles. The summed E-state index contributed by atoms with van der Waals surface area (Å²) < 4.78 is 0. The molecule has 2 aromatic rings. The summed E-state index contributed by atoms with van der Waals surface area (Å²) in [6.45, 7) is 2.84. The number of carbonyl (C=O) groups is 1. The fraction of sp³-hybridized carbons (Fsp3) is 0.500. The molecule has 0 radical (unpaired) electrons. The molecule has 2 aliphatic rings. The van der Waals surface area contributed by atoms with Crippen LogP contribution in [0.2, 0.25) is 10.0 Å². The van der Waals surface area contributed by atoms with E-state index < -0.39 is 0 Å². The molecule has 7 heteroatoms. The van der Waals surface area contributed by atoms with Crippen molar-refractivity contribution in [3.63, 3.8) is 0 Å². The van der Waals surface area contributed by atoms with Gasteiger partial charge in [0.25, 0.3) is 0 Å². The van der Waals surface area contributed by atoms with Crippen molar-refractivity contribution in [3.05, 3.63) is 50.4 Å². The van der Waals surface area contributed by atoms with E-state index in [2.05, 4.69) is 15.2 Å². The zero-order valence-corrected chi connectivity index (χ0v) is 17.4. The smallest absolute Gasteiger partial charge is 0.223 e. The van der Waals surface area contributed by atoms with E-state index in [0.29, 0.717) is 16.0 Å². The molecule has 1 saturated heterocycles. The van der Waals surface area contributed by atoms with Crippen molar-refractivity contribution >= 4 is 40.4 Å². The van der Waals surface area contributed by atoms with Crippen LogP contribution >= 0.6 is 34.5 Å². The highest BCUT2D eigenvalue weighted by Crippen LogP contribution is 2.35. The standard InChI is InChI=1S/C20H23Cl2N3OS/c21-16-6-3-13(10-17(16)22)11-25-8-1-2-15(12-25)18(20-23-7-9-27-20)24-19(26)14-4-5-14/h3,6-7,9-10,14-15,18H,1-2,4-5,8,11-12H2,(H,24,26)/t15-,18-/m0/s1. The van der Waals surface area contributed by atoms with Gasteiger partial charge in [-0.05, 0) is 55.8 Å². The van der Waals surface area contributed by atoms with Crippen LogP contribution in [0.1, 0.15) is 42.3 Å². The van der Waals surface area contributed by atoms with Crippen LogP contribution < -0.4 is 5.32 Å². The zero-order chi connectivity index (χ0) is 18.8. The van der Waals surface area contributed by atoms with Gasteiger partial charge in [-0.25, -0.2) is 4.98 Å². The van der Waals surface area contributed by atoms with Gasteiger partial charge in [0.05, 0.1) is 16.1 Å². The summed E-state index contributed by atoms with van der Waals surface area (Å²) in [6.07, 6.45) is 6.09. The molecule has 4 rings (SSSR count). The van der Waals surface area contributed by atoms with Crippen LogP contribution in [-0.2, 0) is 11.3 Å². The van der Waals surface area contributed by atoms with Gasteiger partial charge in [-0.3, -0.25) is 9.69 Å². The van der Waals surface area contributed by atoms with Gasteiger partial charge < -0.3 is 5.32 Å². The van der Waals surface area contributed by atoms with Crippen molar-refractivity contribution in [1.29, 1.82) is 0 Å². The summed E-state index contributed by atoms with van der Waals surface area (Å²) in [4.78, 5) is 19.4. The maximum absolute atomic E-state index is 12.4. The first-order valence-electron chi connectivity index (χ1n) is 9.46. The molecule has 144 valence electrons. The summed E-state index contributed by atoms with van der Waals surface area (Å²) in [7, 11) is 0. The van der Waals surface area contributed by atoms with Crippen LogP contribution in [0.25, 0.3) is 0 Å². The molecule has 2 atom stereocenters. The highest BCUT2D eigenvalue weighted by atomic mass is 35.5. The van der Waals surface area contributed by atoms with Crippen molar-refractivity contribution in [3.8, 4) is 0 Å². The Bertz CT molecular complexity index is 795. The number of amides is 1. The summed E-state index contributed by atoms with van der Waals surface area (Å²) in [5.74, 6) is 0.774. The Morgan fingerprint density at radius 1 is 1.30 bits per heavy atom. The maximum atomic E-state index is 12.4. The van der Waals surface area contributed by atoms with Crippen LogP contribution in [-0.4, -0.2) is 28.9 Å². The quantitative estimate of drug-likeness (QED) is 0.715. The van der Waals surface area contributed by atoms with Gasteiger partial charge in [0.15, 0.2) is 0 Å². The molecule has 0 unspecified atom stereocenters. The number of aromatic nitrogens is 1.